The number of hydrogen-bond donors (Lipinski definition) is 1. The summed E-state index contributed by atoms with van der Waals surface area (Å²) in [6.45, 7) is 0.111. The quantitative estimate of drug-likeness (QED) is 0.313. The van der Waals surface area contributed by atoms with Gasteiger partial charge in [0.2, 0.25) is 5.91 Å². The number of carbonyl (C=O) groups excluding carboxylic acids is 2. The van der Waals surface area contributed by atoms with Crippen molar-refractivity contribution in [3.05, 3.63) is 76.3 Å². The summed E-state index contributed by atoms with van der Waals surface area (Å²) in [5, 5.41) is 5.73. The molecule has 0 aliphatic heterocycles. The number of amides is 1. The number of carbonyl (C=O) groups is 2. The lowest BCUT2D eigenvalue weighted by Crippen LogP contribution is -2.12. The smallest absolute Gasteiger partial charge is 0.306 e. The minimum absolute atomic E-state index is 0.111. The largest absolute Gasteiger partial charge is 0.461 e. The Balaban J connectivity index is 1.24. The first-order chi connectivity index (χ1) is 15.0. The van der Waals surface area contributed by atoms with Crippen LogP contribution < -0.4 is 5.32 Å². The van der Waals surface area contributed by atoms with Crippen LogP contribution in [0.15, 0.2) is 65.1 Å². The third-order valence-electron chi connectivity index (χ3n) is 4.83. The lowest BCUT2D eigenvalue weighted by Gasteiger charge is -2.07. The fourth-order valence-corrected chi connectivity index (χ4v) is 3.61. The van der Waals surface area contributed by atoms with Gasteiger partial charge in [0.1, 0.15) is 17.8 Å². The molecule has 5 nitrogen and oxygen atoms in total. The number of furan rings is 1. The van der Waals surface area contributed by atoms with Crippen LogP contribution in [0, 0.1) is 0 Å². The van der Waals surface area contributed by atoms with E-state index in [9.17, 15) is 9.59 Å². The van der Waals surface area contributed by atoms with Crippen LogP contribution in [0.2, 0.25) is 10.0 Å². The van der Waals surface area contributed by atoms with Crippen LogP contribution in [-0.2, 0) is 20.9 Å². The van der Waals surface area contributed by atoms with Gasteiger partial charge in [0, 0.05) is 35.4 Å². The second-order valence-corrected chi connectivity index (χ2v) is 7.93. The molecule has 0 aliphatic carbocycles. The van der Waals surface area contributed by atoms with Gasteiger partial charge in [-0.05, 0) is 42.3 Å². The zero-order valence-corrected chi connectivity index (χ0v) is 18.0. The number of nitrogens with one attached hydrogen (secondary N) is 1. The Hall–Kier alpha value is -3.02. The van der Waals surface area contributed by atoms with E-state index >= 15 is 0 Å². The van der Waals surface area contributed by atoms with Crippen molar-refractivity contribution in [2.75, 3.05) is 5.32 Å². The zero-order valence-electron chi connectivity index (χ0n) is 16.5. The van der Waals surface area contributed by atoms with Crippen molar-refractivity contribution < 1.29 is 18.7 Å². The Morgan fingerprint density at radius 2 is 1.68 bits per heavy atom. The summed E-state index contributed by atoms with van der Waals surface area (Å²) < 4.78 is 11.1. The molecule has 0 atom stereocenters. The number of fused-ring (bicyclic) bond motifs is 3. The molecule has 4 rings (SSSR count). The third-order valence-corrected chi connectivity index (χ3v) is 5.57. The molecule has 1 N–H and O–H groups in total. The van der Waals surface area contributed by atoms with Crippen molar-refractivity contribution >= 4 is 62.7 Å². The van der Waals surface area contributed by atoms with E-state index in [0.717, 1.165) is 21.9 Å². The van der Waals surface area contributed by atoms with Crippen molar-refractivity contribution in [1.82, 2.24) is 0 Å². The van der Waals surface area contributed by atoms with Crippen LogP contribution in [0.5, 0.6) is 0 Å². The Morgan fingerprint density at radius 1 is 0.871 bits per heavy atom. The minimum Gasteiger partial charge on any atom is -0.461 e. The summed E-state index contributed by atoms with van der Waals surface area (Å²) in [7, 11) is 0. The number of para-hydroxylation sites is 1. The molecule has 0 saturated heterocycles. The third kappa shape index (κ3) is 5.19. The van der Waals surface area contributed by atoms with Gasteiger partial charge in [0.05, 0.1) is 10.0 Å². The lowest BCUT2D eigenvalue weighted by molar-refractivity contribution is -0.145. The van der Waals surface area contributed by atoms with Crippen molar-refractivity contribution in [3.8, 4) is 0 Å². The molecule has 0 spiro atoms. The molecule has 1 aromatic heterocycles. The van der Waals surface area contributed by atoms with Crippen molar-refractivity contribution in [1.29, 1.82) is 0 Å². The van der Waals surface area contributed by atoms with E-state index in [4.69, 9.17) is 32.4 Å². The van der Waals surface area contributed by atoms with Crippen LogP contribution in [0.3, 0.4) is 0 Å². The average Bonchev–Trinajstić information content (AvgIpc) is 3.12. The Bertz CT molecular complexity index is 1270. The maximum Gasteiger partial charge on any atom is 0.306 e. The van der Waals surface area contributed by atoms with Crippen LogP contribution in [0.4, 0.5) is 5.69 Å². The van der Waals surface area contributed by atoms with Crippen molar-refractivity contribution in [3.63, 3.8) is 0 Å². The summed E-state index contributed by atoms with van der Waals surface area (Å²) in [5.74, 6) is -0.546. The van der Waals surface area contributed by atoms with Gasteiger partial charge in [-0.3, -0.25) is 9.59 Å². The number of ether oxygens (including phenoxy) is 1. The molecule has 0 fully saturated rings. The summed E-state index contributed by atoms with van der Waals surface area (Å²) in [5.41, 5.74) is 2.92. The standard InChI is InChI=1S/C24H19Cl2NO4/c25-19-11-8-15(12-20(19)26)14-30-24(29)7-3-6-23(28)27-16-9-10-18-17-4-1-2-5-21(17)31-22(18)13-16/h1-2,4-5,8-13H,3,6-7,14H2,(H,27,28). The summed E-state index contributed by atoms with van der Waals surface area (Å²) >= 11 is 11.8. The number of hydrogen-bond acceptors (Lipinski definition) is 4. The van der Waals surface area contributed by atoms with Crippen molar-refractivity contribution in [2.45, 2.75) is 25.9 Å². The second kappa shape index (κ2) is 9.41. The molecule has 0 bridgehead atoms. The molecular formula is C24H19Cl2NO4. The van der Waals surface area contributed by atoms with Gasteiger partial charge in [-0.15, -0.1) is 0 Å². The molecule has 4 aromatic rings. The number of rotatable bonds is 7. The first kappa shape index (κ1) is 21.2. The van der Waals surface area contributed by atoms with Crippen LogP contribution >= 0.6 is 23.2 Å². The Labute approximate surface area is 188 Å². The molecule has 0 unspecified atom stereocenters. The lowest BCUT2D eigenvalue weighted by atomic mass is 10.1. The van der Waals surface area contributed by atoms with Crippen molar-refractivity contribution in [2.24, 2.45) is 0 Å². The average molecular weight is 456 g/mol. The molecule has 0 aliphatic rings. The molecule has 0 radical (unpaired) electrons. The van der Waals surface area contributed by atoms with E-state index in [2.05, 4.69) is 5.32 Å². The number of benzene rings is 3. The van der Waals surface area contributed by atoms with E-state index in [0.29, 0.717) is 27.7 Å². The van der Waals surface area contributed by atoms with Gasteiger partial charge < -0.3 is 14.5 Å². The van der Waals surface area contributed by atoms with Gasteiger partial charge in [0.15, 0.2) is 0 Å². The normalized spacial score (nSPS) is 11.0. The molecule has 158 valence electrons. The highest BCUT2D eigenvalue weighted by molar-refractivity contribution is 6.42. The molecule has 31 heavy (non-hydrogen) atoms. The molecule has 1 heterocycles. The van der Waals surface area contributed by atoms with E-state index in [1.54, 1.807) is 24.3 Å². The topological polar surface area (TPSA) is 68.5 Å². The predicted octanol–water partition coefficient (Wildman–Crippen LogP) is 6.75. The monoisotopic (exact) mass is 455 g/mol. The summed E-state index contributed by atoms with van der Waals surface area (Å²) in [6.07, 6.45) is 0.746. The van der Waals surface area contributed by atoms with Gasteiger partial charge in [-0.25, -0.2) is 0 Å². The molecule has 0 saturated carbocycles. The van der Waals surface area contributed by atoms with Crippen LogP contribution in [0.1, 0.15) is 24.8 Å². The number of esters is 1. The number of anilines is 1. The first-order valence-corrected chi connectivity index (χ1v) is 10.6. The van der Waals surface area contributed by atoms with E-state index in [1.165, 1.54) is 0 Å². The fourth-order valence-electron chi connectivity index (χ4n) is 3.29. The maximum atomic E-state index is 12.2. The Kier molecular flexibility index (Phi) is 6.44. The summed E-state index contributed by atoms with van der Waals surface area (Å²) in [6, 6.07) is 18.4. The Morgan fingerprint density at radius 3 is 2.52 bits per heavy atom. The molecule has 1 amide bonds. The van der Waals surface area contributed by atoms with Gasteiger partial charge in [0.25, 0.3) is 0 Å². The van der Waals surface area contributed by atoms with Crippen LogP contribution in [-0.4, -0.2) is 11.9 Å². The van der Waals surface area contributed by atoms with Gasteiger partial charge in [-0.1, -0.05) is 47.5 Å². The van der Waals surface area contributed by atoms with E-state index in [-0.39, 0.29) is 31.3 Å². The molecular weight excluding hydrogens is 437 g/mol. The molecule has 3 aromatic carbocycles. The highest BCUT2D eigenvalue weighted by Crippen LogP contribution is 2.30. The van der Waals surface area contributed by atoms with E-state index in [1.807, 2.05) is 36.4 Å². The first-order valence-electron chi connectivity index (χ1n) is 9.80. The van der Waals surface area contributed by atoms with Crippen LogP contribution in [0.25, 0.3) is 21.9 Å². The zero-order chi connectivity index (χ0) is 21.8. The maximum absolute atomic E-state index is 12.2. The van der Waals surface area contributed by atoms with Gasteiger partial charge >= 0.3 is 5.97 Å². The SMILES string of the molecule is O=C(CCCC(=O)OCc1ccc(Cl)c(Cl)c1)Nc1ccc2c(c1)oc1ccccc12. The second-order valence-electron chi connectivity index (χ2n) is 7.12. The molecule has 7 heteroatoms. The van der Waals surface area contributed by atoms with Gasteiger partial charge in [-0.2, -0.15) is 0 Å². The minimum atomic E-state index is -0.373. The fraction of sp³-hybridized carbons (Fsp3) is 0.167. The van der Waals surface area contributed by atoms with E-state index < -0.39 is 0 Å². The predicted molar refractivity (Wildman–Crippen MR) is 122 cm³/mol. The highest BCUT2D eigenvalue weighted by atomic mass is 35.5. The highest BCUT2D eigenvalue weighted by Gasteiger charge is 2.10. The number of halogens is 2. The summed E-state index contributed by atoms with van der Waals surface area (Å²) in [4.78, 5) is 24.1.